The molecule has 2 heterocycles. The highest BCUT2D eigenvalue weighted by Gasteiger charge is 2.83. The number of methoxy groups -OCH3 is 1. The lowest BCUT2D eigenvalue weighted by Gasteiger charge is -2.63. The Morgan fingerprint density at radius 3 is 1.62 bits per heavy atom. The number of hydrogen-bond acceptors (Lipinski definition) is 23. The Kier molecular flexibility index (Phi) is 7.41. The van der Waals surface area contributed by atoms with Crippen LogP contribution in [0.5, 0.6) is 11.5 Å². The van der Waals surface area contributed by atoms with Gasteiger partial charge >= 0.3 is 18.1 Å². The van der Waals surface area contributed by atoms with Crippen LogP contribution in [0, 0.1) is 5.92 Å². The summed E-state index contributed by atoms with van der Waals surface area (Å²) < 4.78 is 9.11. The Morgan fingerprint density at radius 1 is 0.762 bits per heavy atom. The molecular formula is C19H27NO22. The first-order valence-electron chi connectivity index (χ1n) is 10.9. The molecule has 2 atom stereocenters. The summed E-state index contributed by atoms with van der Waals surface area (Å²) in [7, 11) is 0.839. The summed E-state index contributed by atoms with van der Waals surface area (Å²) >= 11 is 0. The standard InChI is InChI=1S/C19H27NO22/c1-41-8-3-6-5(2-9(8)42-19(38,39)40)11(22)4-7(21)10(14(27,28)20(11)16(30,31)12(6,23)24)13(25,26)15(29,17(32,33)34)18(35,36)37/h2-3,10,22-40H,4H2,1H3. The van der Waals surface area contributed by atoms with E-state index < -0.39 is 98.5 Å². The lowest BCUT2D eigenvalue weighted by molar-refractivity contribution is -0.567. The van der Waals surface area contributed by atoms with Gasteiger partial charge in [-0.15, -0.1) is 0 Å². The van der Waals surface area contributed by atoms with Gasteiger partial charge in [0.25, 0.3) is 17.3 Å². The summed E-state index contributed by atoms with van der Waals surface area (Å²) in [6, 6.07) is 0.650. The summed E-state index contributed by atoms with van der Waals surface area (Å²) in [6.45, 7) is 0. The first kappa shape index (κ1) is 34.2. The fraction of sp³-hybridized carbons (Fsp3) is 0.632. The molecule has 1 fully saturated rings. The van der Waals surface area contributed by atoms with Gasteiger partial charge in [0.05, 0.1) is 13.5 Å². The molecule has 42 heavy (non-hydrogen) atoms. The van der Waals surface area contributed by atoms with E-state index in [9.17, 15) is 102 Å². The maximum Gasteiger partial charge on any atom is 0.453 e. The van der Waals surface area contributed by atoms with Gasteiger partial charge in [-0.05, 0) is 12.1 Å². The summed E-state index contributed by atoms with van der Waals surface area (Å²) in [5.41, 5.74) is -11.8. The van der Waals surface area contributed by atoms with Crippen LogP contribution in [0.3, 0.4) is 0 Å². The van der Waals surface area contributed by atoms with Crippen molar-refractivity contribution < 1.29 is 111 Å². The van der Waals surface area contributed by atoms with Crippen LogP contribution < -0.4 is 9.47 Å². The number of nitrogens with zero attached hydrogens (tertiary/aromatic N) is 1. The highest BCUT2D eigenvalue weighted by molar-refractivity contribution is 5.85. The van der Waals surface area contributed by atoms with Crippen LogP contribution in [-0.2, 0) is 16.3 Å². The monoisotopic (exact) mass is 621 g/mol. The number of ether oxygens (including phenoxy) is 2. The molecule has 2 aliphatic heterocycles. The molecule has 1 aromatic carbocycles. The first-order valence-corrected chi connectivity index (χ1v) is 10.9. The number of carbonyl (C=O) groups is 1. The Labute approximate surface area is 229 Å². The number of benzene rings is 1. The molecular weight excluding hydrogens is 594 g/mol. The van der Waals surface area contributed by atoms with Gasteiger partial charge in [-0.25, -0.2) is 0 Å². The summed E-state index contributed by atoms with van der Waals surface area (Å²) in [4.78, 5) is 12.1. The Morgan fingerprint density at radius 2 is 1.21 bits per heavy atom. The fourth-order valence-electron chi connectivity index (χ4n) is 5.07. The fourth-order valence-corrected chi connectivity index (χ4v) is 5.07. The van der Waals surface area contributed by atoms with Crippen molar-refractivity contribution in [3.8, 4) is 11.5 Å². The van der Waals surface area contributed by atoms with Gasteiger partial charge in [0.1, 0.15) is 5.92 Å². The molecule has 0 aromatic heterocycles. The van der Waals surface area contributed by atoms with Gasteiger partial charge in [-0.3, -0.25) is 4.79 Å². The minimum Gasteiger partial charge on any atom is -0.493 e. The van der Waals surface area contributed by atoms with Crippen molar-refractivity contribution in [1.29, 1.82) is 0 Å². The minimum absolute atomic E-state index is 0.278. The van der Waals surface area contributed by atoms with Crippen LogP contribution >= 0.6 is 0 Å². The van der Waals surface area contributed by atoms with Crippen molar-refractivity contribution >= 4 is 5.78 Å². The largest absolute Gasteiger partial charge is 0.493 e. The quantitative estimate of drug-likeness (QED) is 0.126. The molecule has 0 amide bonds. The number of carbonyl (C=O) groups excluding carboxylic acids is 1. The predicted octanol–water partition coefficient (Wildman–Crippen LogP) is -11.2. The zero-order valence-electron chi connectivity index (χ0n) is 20.6. The molecule has 0 aliphatic carbocycles. The first-order chi connectivity index (χ1) is 18.4. The van der Waals surface area contributed by atoms with Crippen molar-refractivity contribution in [2.75, 3.05) is 7.11 Å². The topological polar surface area (TPSA) is 423 Å². The third-order valence-corrected chi connectivity index (χ3v) is 6.87. The molecule has 240 valence electrons. The second-order valence-corrected chi connectivity index (χ2v) is 9.65. The summed E-state index contributed by atoms with van der Waals surface area (Å²) in [5, 5.41) is 192. The van der Waals surface area contributed by atoms with E-state index in [0.717, 1.165) is 7.11 Å². The highest BCUT2D eigenvalue weighted by Crippen LogP contribution is 2.59. The Balaban J connectivity index is 2.41. The molecule has 2 aliphatic rings. The van der Waals surface area contributed by atoms with E-state index in [1.165, 1.54) is 0 Å². The average Bonchev–Trinajstić information content (AvgIpc) is 2.72. The highest BCUT2D eigenvalue weighted by atomic mass is 16.9. The second kappa shape index (κ2) is 9.11. The molecule has 23 heteroatoms. The third-order valence-electron chi connectivity index (χ3n) is 6.87. The third kappa shape index (κ3) is 4.37. The second-order valence-electron chi connectivity index (χ2n) is 9.65. The van der Waals surface area contributed by atoms with Crippen molar-refractivity contribution in [3.05, 3.63) is 23.3 Å². The molecule has 23 nitrogen and oxygen atoms in total. The van der Waals surface area contributed by atoms with Crippen LogP contribution in [0.25, 0.3) is 0 Å². The number of ketones is 1. The zero-order chi connectivity index (χ0) is 33.1. The van der Waals surface area contributed by atoms with Crippen LogP contribution in [0.15, 0.2) is 12.1 Å². The molecule has 3 rings (SSSR count). The smallest absolute Gasteiger partial charge is 0.453 e. The maximum atomic E-state index is 13.1. The summed E-state index contributed by atoms with van der Waals surface area (Å²) in [6.07, 6.45) is -5.98. The van der Waals surface area contributed by atoms with E-state index in [4.69, 9.17) is 4.74 Å². The van der Waals surface area contributed by atoms with E-state index in [2.05, 4.69) is 4.74 Å². The molecule has 0 spiro atoms. The lowest BCUT2D eigenvalue weighted by Crippen LogP contribution is -2.88. The number of hydrogen-bond donors (Lipinski definition) is 19. The number of fused-ring (bicyclic) bond motifs is 3. The molecule has 1 aromatic rings. The van der Waals surface area contributed by atoms with E-state index in [1.54, 1.807) is 0 Å². The van der Waals surface area contributed by atoms with Crippen LogP contribution in [0.2, 0.25) is 0 Å². The number of piperidine rings is 1. The van der Waals surface area contributed by atoms with Gasteiger partial charge in [-0.2, -0.15) is 4.90 Å². The maximum absolute atomic E-state index is 13.1. The van der Waals surface area contributed by atoms with E-state index in [-0.39, 0.29) is 6.07 Å². The van der Waals surface area contributed by atoms with E-state index >= 15 is 0 Å². The van der Waals surface area contributed by atoms with Crippen molar-refractivity contribution in [2.24, 2.45) is 5.92 Å². The van der Waals surface area contributed by atoms with E-state index in [0.29, 0.717) is 6.07 Å². The van der Waals surface area contributed by atoms with Crippen LogP contribution in [-0.4, -0.2) is 156 Å². The molecule has 2 unspecified atom stereocenters. The van der Waals surface area contributed by atoms with Crippen molar-refractivity contribution in [2.45, 2.75) is 59.2 Å². The Hall–Kier alpha value is -2.31. The van der Waals surface area contributed by atoms with Gasteiger partial charge in [-0.1, -0.05) is 0 Å². The zero-order valence-corrected chi connectivity index (χ0v) is 20.6. The minimum atomic E-state index is -5.47. The lowest BCUT2D eigenvalue weighted by atomic mass is 9.68. The average molecular weight is 621 g/mol. The van der Waals surface area contributed by atoms with Gasteiger partial charge in [0.15, 0.2) is 23.0 Å². The van der Waals surface area contributed by atoms with Gasteiger partial charge < -0.3 is 106 Å². The van der Waals surface area contributed by atoms with Gasteiger partial charge in [0.2, 0.25) is 11.7 Å². The Bertz CT molecular complexity index is 1240. The predicted molar refractivity (Wildman–Crippen MR) is 113 cm³/mol. The molecule has 1 saturated heterocycles. The van der Waals surface area contributed by atoms with Crippen LogP contribution in [0.4, 0.5) is 0 Å². The molecule has 0 radical (unpaired) electrons. The van der Waals surface area contributed by atoms with Crippen molar-refractivity contribution in [3.63, 3.8) is 0 Å². The van der Waals surface area contributed by atoms with Crippen molar-refractivity contribution in [1.82, 2.24) is 4.90 Å². The number of Topliss-reactive ketones (excluding diaryl/α,β-unsaturated/α-hetero) is 1. The number of rotatable bonds is 7. The van der Waals surface area contributed by atoms with Crippen LogP contribution in [0.1, 0.15) is 17.5 Å². The SMILES string of the molecule is COc1cc2c(cc1OC(O)(O)O)C1(O)CC(=O)C(C(O)(O)C(O)(C(O)(O)O)C(O)(O)O)C(O)(O)N1C(O)(O)C2(O)O. The molecule has 19 N–H and O–H groups in total. The molecule has 0 saturated carbocycles. The number of aliphatic hydroxyl groups is 19. The van der Waals surface area contributed by atoms with Gasteiger partial charge in [0, 0.05) is 11.1 Å². The molecule has 0 bridgehead atoms. The summed E-state index contributed by atoms with van der Waals surface area (Å²) in [5.74, 6) is -38.0. The normalized spacial score (nSPS) is 26.4. The van der Waals surface area contributed by atoms with E-state index in [1.807, 2.05) is 0 Å².